The number of piperidine rings is 1. The van der Waals surface area contributed by atoms with Crippen LogP contribution in [-0.4, -0.2) is 38.0 Å². The van der Waals surface area contributed by atoms with Crippen LogP contribution in [0, 0.1) is 12.8 Å². The van der Waals surface area contributed by atoms with Crippen LogP contribution in [0.1, 0.15) is 29.0 Å². The minimum Gasteiger partial charge on any atom is -0.339 e. The van der Waals surface area contributed by atoms with Crippen LogP contribution in [0.5, 0.6) is 0 Å². The molecule has 0 N–H and O–H groups in total. The van der Waals surface area contributed by atoms with Crippen molar-refractivity contribution in [3.63, 3.8) is 0 Å². The summed E-state index contributed by atoms with van der Waals surface area (Å²) in [6.45, 7) is 4.69. The molecule has 5 nitrogen and oxygen atoms in total. The highest BCUT2D eigenvalue weighted by molar-refractivity contribution is 7.13. The van der Waals surface area contributed by atoms with Gasteiger partial charge in [-0.2, -0.15) is 0 Å². The summed E-state index contributed by atoms with van der Waals surface area (Å²) in [6.07, 6.45) is 6.04. The lowest BCUT2D eigenvalue weighted by atomic mass is 9.96. The van der Waals surface area contributed by atoms with Crippen molar-refractivity contribution in [1.82, 2.24) is 19.0 Å². The largest absolute Gasteiger partial charge is 0.339 e. The number of carbonyl (C=O) groups is 1. The van der Waals surface area contributed by atoms with E-state index in [1.54, 1.807) is 11.3 Å². The first-order valence-corrected chi connectivity index (χ1v) is 11.0. The molecule has 1 aliphatic rings. The highest BCUT2D eigenvalue weighted by atomic mass is 32.1. The minimum atomic E-state index is 0.151. The molecule has 1 amide bonds. The first-order valence-electron chi connectivity index (χ1n) is 10.1. The Morgan fingerprint density at radius 2 is 1.86 bits per heavy atom. The normalized spacial score (nSPS) is 15.3. The summed E-state index contributed by atoms with van der Waals surface area (Å²) in [5.74, 6) is 1.79. The molecule has 148 valence electrons. The summed E-state index contributed by atoms with van der Waals surface area (Å²) in [5, 5.41) is 3.00. The molecule has 29 heavy (non-hydrogen) atoms. The van der Waals surface area contributed by atoms with Crippen molar-refractivity contribution in [2.45, 2.75) is 26.3 Å². The fourth-order valence-electron chi connectivity index (χ4n) is 4.31. The number of fused-ring (bicyclic) bond motifs is 1. The summed E-state index contributed by atoms with van der Waals surface area (Å²) >= 11 is 1.61. The number of amides is 1. The van der Waals surface area contributed by atoms with Crippen molar-refractivity contribution >= 4 is 28.3 Å². The topological polar surface area (TPSA) is 43.1 Å². The van der Waals surface area contributed by atoms with E-state index in [1.807, 2.05) is 51.5 Å². The number of imidazole rings is 1. The Morgan fingerprint density at radius 1 is 1.10 bits per heavy atom. The molecule has 6 heteroatoms. The van der Waals surface area contributed by atoms with E-state index in [0.29, 0.717) is 5.92 Å². The van der Waals surface area contributed by atoms with E-state index in [-0.39, 0.29) is 5.91 Å². The van der Waals surface area contributed by atoms with Crippen molar-refractivity contribution in [2.24, 2.45) is 5.92 Å². The molecule has 1 aromatic carbocycles. The van der Waals surface area contributed by atoms with Gasteiger partial charge in [-0.15, -0.1) is 11.3 Å². The van der Waals surface area contributed by atoms with Gasteiger partial charge in [0.1, 0.15) is 10.8 Å². The number of nitrogens with zero attached hydrogens (tertiary/aromatic N) is 4. The SMILES string of the molecule is Cc1nc2ccccc2n1CC1CCN(C(=O)c2ccsc2-n2cccc2)CC1. The highest BCUT2D eigenvalue weighted by Crippen LogP contribution is 2.27. The predicted molar refractivity (Wildman–Crippen MR) is 117 cm³/mol. The molecular formula is C23H24N4OS. The van der Waals surface area contributed by atoms with E-state index >= 15 is 0 Å². The second-order valence-corrected chi connectivity index (χ2v) is 8.62. The number of aromatic nitrogens is 3. The molecule has 0 atom stereocenters. The summed E-state index contributed by atoms with van der Waals surface area (Å²) < 4.78 is 4.36. The zero-order chi connectivity index (χ0) is 19.8. The van der Waals surface area contributed by atoms with Crippen molar-refractivity contribution in [3.05, 3.63) is 71.6 Å². The smallest absolute Gasteiger partial charge is 0.256 e. The standard InChI is InChI=1S/C23H24N4OS/c1-17-24-20-6-2-3-7-21(20)27(17)16-18-8-13-25(14-9-18)22(28)19-10-15-29-23(19)26-11-4-5-12-26/h2-7,10-12,15,18H,8-9,13-14,16H2,1H3. The number of thiophene rings is 1. The Hall–Kier alpha value is -2.86. The molecule has 1 saturated heterocycles. The van der Waals surface area contributed by atoms with Crippen molar-refractivity contribution < 1.29 is 4.79 Å². The molecule has 0 aliphatic carbocycles. The Bertz CT molecular complexity index is 1130. The van der Waals surface area contributed by atoms with E-state index in [2.05, 4.69) is 34.7 Å². The number of hydrogen-bond acceptors (Lipinski definition) is 3. The Morgan fingerprint density at radius 3 is 2.66 bits per heavy atom. The zero-order valence-corrected chi connectivity index (χ0v) is 17.3. The van der Waals surface area contributed by atoms with Gasteiger partial charge in [-0.05, 0) is 61.4 Å². The van der Waals surface area contributed by atoms with E-state index in [1.165, 1.54) is 5.52 Å². The third-order valence-corrected chi connectivity index (χ3v) is 6.83. The molecule has 0 bridgehead atoms. The zero-order valence-electron chi connectivity index (χ0n) is 16.5. The second-order valence-electron chi connectivity index (χ2n) is 7.72. The number of para-hydroxylation sites is 2. The highest BCUT2D eigenvalue weighted by Gasteiger charge is 2.26. The van der Waals surface area contributed by atoms with Crippen LogP contribution in [0.25, 0.3) is 16.0 Å². The first-order chi connectivity index (χ1) is 14.2. The molecule has 3 aromatic heterocycles. The Balaban J connectivity index is 1.27. The molecule has 4 aromatic rings. The molecule has 1 fully saturated rings. The maximum Gasteiger partial charge on any atom is 0.256 e. The monoisotopic (exact) mass is 404 g/mol. The van der Waals surface area contributed by atoms with Gasteiger partial charge in [-0.3, -0.25) is 4.79 Å². The lowest BCUT2D eigenvalue weighted by Gasteiger charge is -2.32. The maximum absolute atomic E-state index is 13.1. The van der Waals surface area contributed by atoms with Crippen LogP contribution >= 0.6 is 11.3 Å². The van der Waals surface area contributed by atoms with Crippen molar-refractivity contribution in [1.29, 1.82) is 0 Å². The summed E-state index contributed by atoms with van der Waals surface area (Å²) in [6, 6.07) is 14.3. The van der Waals surface area contributed by atoms with Gasteiger partial charge < -0.3 is 14.0 Å². The number of hydrogen-bond donors (Lipinski definition) is 0. The number of benzene rings is 1. The lowest BCUT2D eigenvalue weighted by Crippen LogP contribution is -2.39. The van der Waals surface area contributed by atoms with Crippen LogP contribution in [0.3, 0.4) is 0 Å². The lowest BCUT2D eigenvalue weighted by molar-refractivity contribution is 0.0683. The maximum atomic E-state index is 13.1. The fourth-order valence-corrected chi connectivity index (χ4v) is 5.17. The molecule has 0 radical (unpaired) electrons. The third-order valence-electron chi connectivity index (χ3n) is 5.90. The van der Waals surface area contributed by atoms with Crippen molar-refractivity contribution in [3.8, 4) is 5.00 Å². The van der Waals surface area contributed by atoms with Crippen LogP contribution < -0.4 is 0 Å². The van der Waals surface area contributed by atoms with Gasteiger partial charge in [0.05, 0.1) is 16.6 Å². The number of carbonyl (C=O) groups excluding carboxylic acids is 1. The quantitative estimate of drug-likeness (QED) is 0.493. The number of rotatable bonds is 4. The van der Waals surface area contributed by atoms with E-state index in [9.17, 15) is 4.79 Å². The average molecular weight is 405 g/mol. The fraction of sp³-hybridized carbons (Fsp3) is 0.304. The summed E-state index contributed by atoms with van der Waals surface area (Å²) in [5.41, 5.74) is 3.08. The van der Waals surface area contributed by atoms with Gasteiger partial charge in [0.2, 0.25) is 0 Å². The van der Waals surface area contributed by atoms with Gasteiger partial charge in [-0.1, -0.05) is 12.1 Å². The predicted octanol–water partition coefficient (Wildman–Crippen LogP) is 4.75. The van der Waals surface area contributed by atoms with Crippen molar-refractivity contribution in [2.75, 3.05) is 13.1 Å². The molecule has 5 rings (SSSR count). The Kier molecular flexibility index (Phi) is 4.72. The van der Waals surface area contributed by atoms with Crippen LogP contribution in [0.15, 0.2) is 60.2 Å². The summed E-state index contributed by atoms with van der Waals surface area (Å²) in [4.78, 5) is 19.8. The van der Waals surface area contributed by atoms with Gasteiger partial charge in [0.25, 0.3) is 5.91 Å². The summed E-state index contributed by atoms with van der Waals surface area (Å²) in [7, 11) is 0. The van der Waals surface area contributed by atoms with Gasteiger partial charge >= 0.3 is 0 Å². The van der Waals surface area contributed by atoms with Crippen LogP contribution in [0.2, 0.25) is 0 Å². The first kappa shape index (κ1) is 18.2. The molecule has 1 aliphatic heterocycles. The molecular weight excluding hydrogens is 380 g/mol. The molecule has 4 heterocycles. The van der Waals surface area contributed by atoms with Gasteiger partial charge in [0.15, 0.2) is 0 Å². The van der Waals surface area contributed by atoms with Crippen LogP contribution in [-0.2, 0) is 6.54 Å². The van der Waals surface area contributed by atoms with E-state index < -0.39 is 0 Å². The van der Waals surface area contributed by atoms with E-state index in [0.717, 1.165) is 54.4 Å². The minimum absolute atomic E-state index is 0.151. The van der Waals surface area contributed by atoms with Crippen LogP contribution in [0.4, 0.5) is 0 Å². The average Bonchev–Trinajstić information content (AvgIpc) is 3.48. The van der Waals surface area contributed by atoms with E-state index in [4.69, 9.17) is 0 Å². The van der Waals surface area contributed by atoms with Gasteiger partial charge in [-0.25, -0.2) is 4.98 Å². The van der Waals surface area contributed by atoms with Gasteiger partial charge in [0, 0.05) is 32.0 Å². The number of likely N-dealkylation sites (tertiary alicyclic amines) is 1. The number of aryl methyl sites for hydroxylation is 1. The third kappa shape index (κ3) is 3.38. The second kappa shape index (κ2) is 7.52. The molecule has 0 spiro atoms. The molecule has 0 unspecified atom stereocenters. The Labute approximate surface area is 174 Å². The molecule has 0 saturated carbocycles.